The number of benzene rings is 2. The number of nitro groups is 1. The summed E-state index contributed by atoms with van der Waals surface area (Å²) >= 11 is 5.90. The zero-order valence-corrected chi connectivity index (χ0v) is 11.4. The van der Waals surface area contributed by atoms with Crippen LogP contribution in [0, 0.1) is 17.0 Å². The molecular formula is C15H11ClN2O2. The lowest BCUT2D eigenvalue weighted by Gasteiger charge is -2.03. The molecule has 3 aromatic rings. The molecule has 5 heteroatoms. The number of non-ortho nitro benzene ring substituents is 1. The molecule has 0 aliphatic heterocycles. The summed E-state index contributed by atoms with van der Waals surface area (Å²) in [6.07, 6.45) is 0. The predicted octanol–water partition coefficient (Wildman–Crippen LogP) is 4.70. The first-order valence-corrected chi connectivity index (χ1v) is 6.47. The van der Waals surface area contributed by atoms with Gasteiger partial charge in [0.2, 0.25) is 0 Å². The van der Waals surface area contributed by atoms with Crippen molar-refractivity contribution in [2.45, 2.75) is 6.92 Å². The van der Waals surface area contributed by atoms with Crippen LogP contribution in [0.5, 0.6) is 0 Å². The molecule has 2 aromatic carbocycles. The SMILES string of the molecule is Cc1[nH]c2cccc([N+](=O)[O-])c2c1-c1ccc(Cl)cc1. The highest BCUT2D eigenvalue weighted by atomic mass is 35.5. The van der Waals surface area contributed by atoms with Crippen LogP contribution in [0.2, 0.25) is 5.02 Å². The van der Waals surface area contributed by atoms with Crippen LogP contribution in [-0.4, -0.2) is 9.91 Å². The summed E-state index contributed by atoms with van der Waals surface area (Å²) in [6.45, 7) is 1.91. The van der Waals surface area contributed by atoms with Crippen LogP contribution < -0.4 is 0 Å². The van der Waals surface area contributed by atoms with Crippen LogP contribution in [0.4, 0.5) is 5.69 Å². The third-order valence-electron chi connectivity index (χ3n) is 3.32. The van der Waals surface area contributed by atoms with Gasteiger partial charge in [0.1, 0.15) is 0 Å². The molecule has 3 rings (SSSR count). The molecule has 0 atom stereocenters. The molecule has 0 radical (unpaired) electrons. The monoisotopic (exact) mass is 286 g/mol. The second-order valence-electron chi connectivity index (χ2n) is 4.59. The minimum absolute atomic E-state index is 0.108. The van der Waals surface area contributed by atoms with Crippen molar-refractivity contribution in [1.29, 1.82) is 0 Å². The topological polar surface area (TPSA) is 58.9 Å². The molecule has 20 heavy (non-hydrogen) atoms. The molecule has 0 amide bonds. The molecule has 0 unspecified atom stereocenters. The summed E-state index contributed by atoms with van der Waals surface area (Å²) in [7, 11) is 0. The van der Waals surface area contributed by atoms with Gasteiger partial charge in [-0.15, -0.1) is 0 Å². The number of hydrogen-bond donors (Lipinski definition) is 1. The normalized spacial score (nSPS) is 10.9. The number of rotatable bonds is 2. The van der Waals surface area contributed by atoms with Crippen molar-refractivity contribution in [2.75, 3.05) is 0 Å². The van der Waals surface area contributed by atoms with E-state index < -0.39 is 0 Å². The van der Waals surface area contributed by atoms with Gasteiger partial charge in [-0.25, -0.2) is 0 Å². The van der Waals surface area contributed by atoms with Crippen LogP contribution in [0.25, 0.3) is 22.0 Å². The van der Waals surface area contributed by atoms with Crippen LogP contribution in [0.15, 0.2) is 42.5 Å². The quantitative estimate of drug-likeness (QED) is 0.548. The summed E-state index contributed by atoms with van der Waals surface area (Å²) in [4.78, 5) is 14.1. The van der Waals surface area contributed by atoms with E-state index in [-0.39, 0.29) is 10.6 Å². The maximum absolute atomic E-state index is 11.2. The molecule has 0 saturated heterocycles. The number of aryl methyl sites for hydroxylation is 1. The third kappa shape index (κ3) is 1.94. The van der Waals surface area contributed by atoms with Gasteiger partial charge >= 0.3 is 0 Å². The number of H-pyrrole nitrogens is 1. The van der Waals surface area contributed by atoms with Crippen LogP contribution in [0.3, 0.4) is 0 Å². The summed E-state index contributed by atoms with van der Waals surface area (Å²) in [6, 6.07) is 12.4. The fourth-order valence-corrected chi connectivity index (χ4v) is 2.61. The van der Waals surface area contributed by atoms with Crippen LogP contribution in [0.1, 0.15) is 5.69 Å². The fraction of sp³-hybridized carbons (Fsp3) is 0.0667. The van der Waals surface area contributed by atoms with E-state index in [9.17, 15) is 10.1 Å². The van der Waals surface area contributed by atoms with Gasteiger partial charge in [-0.2, -0.15) is 0 Å². The standard InChI is InChI=1S/C15H11ClN2O2/c1-9-14(10-5-7-11(16)8-6-10)15-12(17-9)3-2-4-13(15)18(19)20/h2-8,17H,1H3. The van der Waals surface area contributed by atoms with E-state index in [1.165, 1.54) is 6.07 Å². The van der Waals surface area contributed by atoms with Crippen molar-refractivity contribution >= 4 is 28.2 Å². The maximum Gasteiger partial charge on any atom is 0.279 e. The van der Waals surface area contributed by atoms with Crippen molar-refractivity contribution < 1.29 is 4.92 Å². The zero-order valence-electron chi connectivity index (χ0n) is 10.7. The number of aromatic amines is 1. The van der Waals surface area contributed by atoms with Gasteiger partial charge in [0.05, 0.1) is 15.8 Å². The van der Waals surface area contributed by atoms with Gasteiger partial charge in [0, 0.05) is 22.3 Å². The lowest BCUT2D eigenvalue weighted by atomic mass is 10.0. The highest BCUT2D eigenvalue weighted by Gasteiger charge is 2.19. The Labute approximate surface area is 120 Å². The fourth-order valence-electron chi connectivity index (χ4n) is 2.49. The number of aromatic nitrogens is 1. The summed E-state index contributed by atoms with van der Waals surface area (Å²) in [5, 5.41) is 12.5. The van der Waals surface area contributed by atoms with Gasteiger partial charge in [-0.05, 0) is 30.7 Å². The molecule has 4 nitrogen and oxygen atoms in total. The molecule has 100 valence electrons. The zero-order chi connectivity index (χ0) is 14.3. The van der Waals surface area contributed by atoms with Crippen LogP contribution >= 0.6 is 11.6 Å². The van der Waals surface area contributed by atoms with Crippen molar-refractivity contribution in [3.63, 3.8) is 0 Å². The molecule has 0 bridgehead atoms. The van der Waals surface area contributed by atoms with Crippen molar-refractivity contribution in [2.24, 2.45) is 0 Å². The van der Waals surface area contributed by atoms with E-state index in [0.29, 0.717) is 10.4 Å². The first-order valence-electron chi connectivity index (χ1n) is 6.09. The van der Waals surface area contributed by atoms with Gasteiger partial charge in [0.25, 0.3) is 5.69 Å². The molecule has 0 spiro atoms. The van der Waals surface area contributed by atoms with E-state index in [2.05, 4.69) is 4.98 Å². The average molecular weight is 287 g/mol. The first kappa shape index (κ1) is 12.7. The van der Waals surface area contributed by atoms with Gasteiger partial charge < -0.3 is 4.98 Å². The Balaban J connectivity index is 2.37. The third-order valence-corrected chi connectivity index (χ3v) is 3.57. The Hall–Kier alpha value is -2.33. The molecular weight excluding hydrogens is 276 g/mol. The molecule has 1 aromatic heterocycles. The van der Waals surface area contributed by atoms with E-state index >= 15 is 0 Å². The number of hydrogen-bond acceptors (Lipinski definition) is 2. The Bertz CT molecular complexity index is 807. The second-order valence-corrected chi connectivity index (χ2v) is 5.03. The molecule has 0 saturated carbocycles. The Kier molecular flexibility index (Phi) is 2.95. The van der Waals surface area contributed by atoms with Crippen LogP contribution in [-0.2, 0) is 0 Å². The smallest absolute Gasteiger partial charge is 0.279 e. The van der Waals surface area contributed by atoms with Gasteiger partial charge in [-0.3, -0.25) is 10.1 Å². The minimum atomic E-state index is -0.352. The Morgan fingerprint density at radius 1 is 1.15 bits per heavy atom. The average Bonchev–Trinajstić information content (AvgIpc) is 2.75. The molecule has 0 aliphatic carbocycles. The second kappa shape index (κ2) is 4.65. The minimum Gasteiger partial charge on any atom is -0.358 e. The van der Waals surface area contributed by atoms with Crippen molar-refractivity contribution in [3.8, 4) is 11.1 Å². The number of halogens is 1. The highest BCUT2D eigenvalue weighted by Crippen LogP contribution is 2.37. The lowest BCUT2D eigenvalue weighted by Crippen LogP contribution is -1.89. The van der Waals surface area contributed by atoms with Gasteiger partial charge in [0.15, 0.2) is 0 Å². The number of nitrogens with zero attached hydrogens (tertiary/aromatic N) is 1. The van der Waals surface area contributed by atoms with Gasteiger partial charge in [-0.1, -0.05) is 29.8 Å². The van der Waals surface area contributed by atoms with E-state index in [0.717, 1.165) is 22.3 Å². The molecule has 1 heterocycles. The number of nitrogens with one attached hydrogen (secondary N) is 1. The van der Waals surface area contributed by atoms with E-state index in [4.69, 9.17) is 11.6 Å². The summed E-state index contributed by atoms with van der Waals surface area (Å²) < 4.78 is 0. The lowest BCUT2D eigenvalue weighted by molar-refractivity contribution is -0.383. The first-order chi connectivity index (χ1) is 9.58. The summed E-state index contributed by atoms with van der Waals surface area (Å²) in [5.74, 6) is 0. The Morgan fingerprint density at radius 2 is 1.85 bits per heavy atom. The number of nitro benzene ring substituents is 1. The largest absolute Gasteiger partial charge is 0.358 e. The molecule has 1 N–H and O–H groups in total. The van der Waals surface area contributed by atoms with E-state index in [1.54, 1.807) is 18.2 Å². The van der Waals surface area contributed by atoms with Crippen molar-refractivity contribution in [3.05, 3.63) is 63.3 Å². The summed E-state index contributed by atoms with van der Waals surface area (Å²) in [5.41, 5.74) is 3.53. The Morgan fingerprint density at radius 3 is 2.50 bits per heavy atom. The maximum atomic E-state index is 11.2. The van der Waals surface area contributed by atoms with Crippen molar-refractivity contribution in [1.82, 2.24) is 4.98 Å². The molecule has 0 fully saturated rings. The highest BCUT2D eigenvalue weighted by molar-refractivity contribution is 6.30. The predicted molar refractivity (Wildman–Crippen MR) is 80.1 cm³/mol. The van der Waals surface area contributed by atoms with E-state index in [1.807, 2.05) is 25.1 Å². The number of fused-ring (bicyclic) bond motifs is 1. The molecule has 0 aliphatic rings.